The number of hydrogen-bond donors (Lipinski definition) is 2. The molecule has 3 nitrogen and oxygen atoms in total. The molecule has 1 atom stereocenters. The van der Waals surface area contributed by atoms with Crippen molar-refractivity contribution in [1.82, 2.24) is 0 Å². The number of carbonyl (C=O) groups is 1. The van der Waals surface area contributed by atoms with Crippen molar-refractivity contribution in [3.05, 3.63) is 0 Å². The van der Waals surface area contributed by atoms with Gasteiger partial charge in [-0.1, -0.05) is 0 Å². The smallest absolute Gasteiger partial charge is 0.320 e. The SMILES string of the molecule is C[C@H](N)C(=O)O.[Sc]. The summed E-state index contributed by atoms with van der Waals surface area (Å²) < 4.78 is 0. The first kappa shape index (κ1) is 10.3. The van der Waals surface area contributed by atoms with Crippen molar-refractivity contribution >= 4 is 5.97 Å². The quantitative estimate of drug-likeness (QED) is 0.504. The Hall–Kier alpha value is 0.300. The molecule has 0 fully saturated rings. The summed E-state index contributed by atoms with van der Waals surface area (Å²) in [5.41, 5.74) is 4.84. The fourth-order valence-electron chi connectivity index (χ4n) is 0. The maximum Gasteiger partial charge on any atom is 0.320 e. The van der Waals surface area contributed by atoms with E-state index in [4.69, 9.17) is 10.8 Å². The van der Waals surface area contributed by atoms with Crippen LogP contribution in [0.4, 0.5) is 0 Å². The molecule has 39 valence electrons. The minimum absolute atomic E-state index is 0. The molecule has 4 heteroatoms. The number of hydrogen-bond acceptors (Lipinski definition) is 2. The normalized spacial score (nSPS) is 11.7. The third-order valence-corrected chi connectivity index (χ3v) is 0.390. The van der Waals surface area contributed by atoms with E-state index in [-0.39, 0.29) is 25.8 Å². The van der Waals surface area contributed by atoms with Crippen LogP contribution < -0.4 is 5.73 Å². The minimum Gasteiger partial charge on any atom is -0.480 e. The molecule has 0 aromatic rings. The van der Waals surface area contributed by atoms with E-state index in [2.05, 4.69) is 0 Å². The zero-order chi connectivity index (χ0) is 5.15. The predicted octanol–water partition coefficient (Wildman–Crippen LogP) is -0.584. The molecule has 0 aromatic carbocycles. The first-order valence-electron chi connectivity index (χ1n) is 1.63. The number of carboxylic acid groups (broad SMARTS) is 1. The van der Waals surface area contributed by atoms with Crippen LogP contribution in [0.5, 0.6) is 0 Å². The van der Waals surface area contributed by atoms with Gasteiger partial charge >= 0.3 is 5.97 Å². The Morgan fingerprint density at radius 1 is 1.86 bits per heavy atom. The van der Waals surface area contributed by atoms with Crippen LogP contribution in [-0.4, -0.2) is 17.1 Å². The maximum atomic E-state index is 9.57. The van der Waals surface area contributed by atoms with Gasteiger partial charge in [0, 0.05) is 25.8 Å². The van der Waals surface area contributed by atoms with Crippen LogP contribution in [0.3, 0.4) is 0 Å². The molecule has 0 spiro atoms. The number of rotatable bonds is 1. The Kier molecular flexibility index (Phi) is 6.57. The van der Waals surface area contributed by atoms with Crippen molar-refractivity contribution in [2.75, 3.05) is 0 Å². The van der Waals surface area contributed by atoms with Crippen molar-refractivity contribution in [3.63, 3.8) is 0 Å². The first-order valence-corrected chi connectivity index (χ1v) is 1.63. The number of aliphatic carboxylic acids is 1. The molecular formula is C3H7NO2Sc. The van der Waals surface area contributed by atoms with E-state index < -0.39 is 12.0 Å². The van der Waals surface area contributed by atoms with Gasteiger partial charge in [-0.25, -0.2) is 0 Å². The fourth-order valence-corrected chi connectivity index (χ4v) is 0. The molecule has 0 rings (SSSR count). The minimum atomic E-state index is -0.963. The topological polar surface area (TPSA) is 63.3 Å². The van der Waals surface area contributed by atoms with Gasteiger partial charge in [-0.3, -0.25) is 4.79 Å². The molecule has 0 aliphatic carbocycles. The molecular weight excluding hydrogens is 127 g/mol. The van der Waals surface area contributed by atoms with Crippen LogP contribution in [0.25, 0.3) is 0 Å². The molecule has 0 unspecified atom stereocenters. The van der Waals surface area contributed by atoms with Gasteiger partial charge in [0.2, 0.25) is 0 Å². The van der Waals surface area contributed by atoms with Gasteiger partial charge < -0.3 is 10.8 Å². The zero-order valence-electron chi connectivity index (χ0n) is 4.09. The third kappa shape index (κ3) is 6.30. The van der Waals surface area contributed by atoms with Crippen molar-refractivity contribution < 1.29 is 35.7 Å². The van der Waals surface area contributed by atoms with Crippen LogP contribution >= 0.6 is 0 Å². The summed E-state index contributed by atoms with van der Waals surface area (Å²) >= 11 is 0. The molecule has 0 saturated carbocycles. The zero-order valence-corrected chi connectivity index (χ0v) is 5.89. The van der Waals surface area contributed by atoms with Crippen LogP contribution in [0, 0.1) is 0 Å². The first-order chi connectivity index (χ1) is 2.64. The van der Waals surface area contributed by atoms with Crippen LogP contribution in [0.2, 0.25) is 0 Å². The van der Waals surface area contributed by atoms with Gasteiger partial charge in [-0.05, 0) is 6.92 Å². The largest absolute Gasteiger partial charge is 0.480 e. The van der Waals surface area contributed by atoms with E-state index in [0.29, 0.717) is 0 Å². The summed E-state index contributed by atoms with van der Waals surface area (Å²) in [6.45, 7) is 1.42. The Labute approximate surface area is 60.7 Å². The Balaban J connectivity index is 0. The molecule has 0 heterocycles. The maximum absolute atomic E-state index is 9.57. The molecule has 0 amide bonds. The second-order valence-corrected chi connectivity index (χ2v) is 1.13. The molecule has 1 radical (unpaired) electrons. The molecule has 7 heavy (non-hydrogen) atoms. The van der Waals surface area contributed by atoms with Crippen molar-refractivity contribution in [1.29, 1.82) is 0 Å². The average Bonchev–Trinajstić information content (AvgIpc) is 1.36. The number of nitrogens with two attached hydrogens (primary N) is 1. The predicted molar refractivity (Wildman–Crippen MR) is 21.3 cm³/mol. The third-order valence-electron chi connectivity index (χ3n) is 0.390. The molecule has 0 aliphatic heterocycles. The van der Waals surface area contributed by atoms with E-state index in [1.54, 1.807) is 0 Å². The van der Waals surface area contributed by atoms with E-state index >= 15 is 0 Å². The van der Waals surface area contributed by atoms with E-state index in [0.717, 1.165) is 0 Å². The van der Waals surface area contributed by atoms with Gasteiger partial charge in [0.25, 0.3) is 0 Å². The van der Waals surface area contributed by atoms with E-state index in [9.17, 15) is 4.79 Å². The molecule has 0 aliphatic rings. The van der Waals surface area contributed by atoms with Crippen molar-refractivity contribution in [3.8, 4) is 0 Å². The second kappa shape index (κ2) is 4.46. The van der Waals surface area contributed by atoms with Gasteiger partial charge in [0.1, 0.15) is 6.04 Å². The average molecular weight is 134 g/mol. The van der Waals surface area contributed by atoms with Gasteiger partial charge in [0.15, 0.2) is 0 Å². The monoisotopic (exact) mass is 134 g/mol. The molecule has 0 aromatic heterocycles. The van der Waals surface area contributed by atoms with Gasteiger partial charge in [-0.15, -0.1) is 0 Å². The Morgan fingerprint density at radius 3 is 2.00 bits per heavy atom. The van der Waals surface area contributed by atoms with Gasteiger partial charge in [0.05, 0.1) is 0 Å². The summed E-state index contributed by atoms with van der Waals surface area (Å²) in [5.74, 6) is -0.963. The number of carboxylic acids is 1. The summed E-state index contributed by atoms with van der Waals surface area (Å²) in [4.78, 5) is 9.57. The van der Waals surface area contributed by atoms with E-state index in [1.807, 2.05) is 0 Å². The van der Waals surface area contributed by atoms with Gasteiger partial charge in [-0.2, -0.15) is 0 Å². The standard InChI is InChI=1S/C3H7NO2.Sc/c1-2(4)3(5)6;/h2H,4H2,1H3,(H,5,6);/t2-;/m0./s1. The summed E-state index contributed by atoms with van der Waals surface area (Å²) in [7, 11) is 0. The van der Waals surface area contributed by atoms with Crippen LogP contribution in [-0.2, 0) is 30.6 Å². The fraction of sp³-hybridized carbons (Fsp3) is 0.667. The summed E-state index contributed by atoms with van der Waals surface area (Å²) in [6, 6.07) is -0.731. The van der Waals surface area contributed by atoms with E-state index in [1.165, 1.54) is 6.92 Å². The Morgan fingerprint density at radius 2 is 2.00 bits per heavy atom. The van der Waals surface area contributed by atoms with Crippen LogP contribution in [0.1, 0.15) is 6.92 Å². The summed E-state index contributed by atoms with van der Waals surface area (Å²) in [5, 5.41) is 7.87. The second-order valence-electron chi connectivity index (χ2n) is 1.13. The van der Waals surface area contributed by atoms with Crippen molar-refractivity contribution in [2.24, 2.45) is 5.73 Å². The summed E-state index contributed by atoms with van der Waals surface area (Å²) in [6.07, 6.45) is 0. The van der Waals surface area contributed by atoms with Crippen molar-refractivity contribution in [2.45, 2.75) is 13.0 Å². The van der Waals surface area contributed by atoms with Crippen LogP contribution in [0.15, 0.2) is 0 Å². The molecule has 3 N–H and O–H groups in total. The Bertz CT molecular complexity index is 64.0. The molecule has 0 bridgehead atoms. The molecule has 0 saturated heterocycles.